The lowest BCUT2D eigenvalue weighted by Gasteiger charge is -2.34. The fourth-order valence-corrected chi connectivity index (χ4v) is 3.83. The topological polar surface area (TPSA) is 96.2 Å². The van der Waals surface area contributed by atoms with Gasteiger partial charge in [0.05, 0.1) is 18.7 Å². The number of carbonyl (C=O) groups is 2. The third-order valence-electron chi connectivity index (χ3n) is 5.67. The molecule has 166 valence electrons. The fraction of sp³-hybridized carbons (Fsp3) is 0.348. The molecule has 0 unspecified atom stereocenters. The molecule has 2 heterocycles. The van der Waals surface area contributed by atoms with Crippen LogP contribution >= 0.6 is 0 Å². The zero-order chi connectivity index (χ0) is 22.3. The van der Waals surface area contributed by atoms with Crippen LogP contribution in [-0.4, -0.2) is 74.5 Å². The SMILES string of the molecule is CCc1ccccc1NC(=O)CN1CCN(C(=O)Cc2ccc(-n3cnnn3)cc2)CC1. The molecule has 2 amide bonds. The van der Waals surface area contributed by atoms with Crippen LogP contribution in [0.5, 0.6) is 0 Å². The molecular weight excluding hydrogens is 406 g/mol. The summed E-state index contributed by atoms with van der Waals surface area (Å²) in [6, 6.07) is 15.5. The van der Waals surface area contributed by atoms with Crippen molar-refractivity contribution < 1.29 is 9.59 Å². The van der Waals surface area contributed by atoms with E-state index in [0.29, 0.717) is 39.1 Å². The lowest BCUT2D eigenvalue weighted by atomic mass is 10.1. The van der Waals surface area contributed by atoms with Crippen LogP contribution in [0.1, 0.15) is 18.1 Å². The molecule has 1 aliphatic heterocycles. The number of hydrogen-bond donors (Lipinski definition) is 1. The van der Waals surface area contributed by atoms with Gasteiger partial charge < -0.3 is 10.2 Å². The zero-order valence-corrected chi connectivity index (χ0v) is 18.1. The molecule has 1 N–H and O–H groups in total. The summed E-state index contributed by atoms with van der Waals surface area (Å²) in [6.45, 7) is 5.03. The highest BCUT2D eigenvalue weighted by Gasteiger charge is 2.22. The maximum Gasteiger partial charge on any atom is 0.238 e. The van der Waals surface area contributed by atoms with Crippen molar-refractivity contribution in [2.75, 3.05) is 38.0 Å². The summed E-state index contributed by atoms with van der Waals surface area (Å²) in [4.78, 5) is 29.1. The number of anilines is 1. The Bertz CT molecular complexity index is 1040. The molecule has 9 heteroatoms. The second kappa shape index (κ2) is 10.1. The number of aryl methyl sites for hydroxylation is 1. The second-order valence-corrected chi connectivity index (χ2v) is 7.81. The van der Waals surface area contributed by atoms with Crippen molar-refractivity contribution in [1.29, 1.82) is 0 Å². The van der Waals surface area contributed by atoms with Gasteiger partial charge >= 0.3 is 0 Å². The number of amides is 2. The van der Waals surface area contributed by atoms with E-state index < -0.39 is 0 Å². The highest BCUT2D eigenvalue weighted by molar-refractivity contribution is 5.93. The van der Waals surface area contributed by atoms with Crippen molar-refractivity contribution in [2.24, 2.45) is 0 Å². The predicted molar refractivity (Wildman–Crippen MR) is 120 cm³/mol. The first-order valence-electron chi connectivity index (χ1n) is 10.8. The van der Waals surface area contributed by atoms with E-state index in [9.17, 15) is 9.59 Å². The Morgan fingerprint density at radius 3 is 2.44 bits per heavy atom. The third kappa shape index (κ3) is 5.36. The number of benzene rings is 2. The van der Waals surface area contributed by atoms with E-state index in [1.54, 1.807) is 4.68 Å². The highest BCUT2D eigenvalue weighted by atomic mass is 16.2. The Hall–Kier alpha value is -3.59. The molecule has 3 aromatic rings. The van der Waals surface area contributed by atoms with E-state index in [4.69, 9.17) is 0 Å². The van der Waals surface area contributed by atoms with Crippen LogP contribution in [0.25, 0.3) is 5.69 Å². The van der Waals surface area contributed by atoms with Gasteiger partial charge in [-0.05, 0) is 46.2 Å². The first-order valence-corrected chi connectivity index (χ1v) is 10.8. The largest absolute Gasteiger partial charge is 0.340 e. The maximum absolute atomic E-state index is 12.7. The Labute approximate surface area is 187 Å². The van der Waals surface area contributed by atoms with Crippen LogP contribution in [0.15, 0.2) is 54.9 Å². The first-order chi connectivity index (χ1) is 15.6. The van der Waals surface area contributed by atoms with Crippen LogP contribution in [0.3, 0.4) is 0 Å². The predicted octanol–water partition coefficient (Wildman–Crippen LogP) is 1.55. The Balaban J connectivity index is 1.23. The van der Waals surface area contributed by atoms with Crippen molar-refractivity contribution >= 4 is 17.5 Å². The van der Waals surface area contributed by atoms with Crippen molar-refractivity contribution in [3.05, 3.63) is 66.0 Å². The fourth-order valence-electron chi connectivity index (χ4n) is 3.83. The van der Waals surface area contributed by atoms with Crippen LogP contribution in [0.2, 0.25) is 0 Å². The standard InChI is InChI=1S/C23H27N7O2/c1-2-19-5-3-4-6-21(19)25-22(31)16-28-11-13-29(14-12-28)23(32)15-18-7-9-20(10-8-18)30-17-24-26-27-30/h3-10,17H,2,11-16H2,1H3,(H,25,31). The Morgan fingerprint density at radius 1 is 1.00 bits per heavy atom. The summed E-state index contributed by atoms with van der Waals surface area (Å²) in [6.07, 6.45) is 2.75. The molecule has 0 aliphatic carbocycles. The lowest BCUT2D eigenvalue weighted by Crippen LogP contribution is -2.50. The molecule has 4 rings (SSSR count). The molecular formula is C23H27N7O2. The van der Waals surface area contributed by atoms with Crippen molar-refractivity contribution in [3.8, 4) is 5.69 Å². The monoisotopic (exact) mass is 433 g/mol. The van der Waals surface area contributed by atoms with E-state index >= 15 is 0 Å². The van der Waals surface area contributed by atoms with Crippen LogP contribution in [-0.2, 0) is 22.4 Å². The van der Waals surface area contributed by atoms with E-state index in [0.717, 1.165) is 28.9 Å². The molecule has 1 aromatic heterocycles. The van der Waals surface area contributed by atoms with Gasteiger partial charge in [0.15, 0.2) is 0 Å². The summed E-state index contributed by atoms with van der Waals surface area (Å²) >= 11 is 0. The number of nitrogens with zero attached hydrogens (tertiary/aromatic N) is 6. The third-order valence-corrected chi connectivity index (χ3v) is 5.67. The molecule has 2 aromatic carbocycles. The molecule has 1 saturated heterocycles. The molecule has 32 heavy (non-hydrogen) atoms. The smallest absolute Gasteiger partial charge is 0.238 e. The minimum atomic E-state index is -0.0200. The zero-order valence-electron chi connectivity index (χ0n) is 18.1. The Kier molecular flexibility index (Phi) is 6.86. The molecule has 0 bridgehead atoms. The maximum atomic E-state index is 12.7. The number of piperazine rings is 1. The lowest BCUT2D eigenvalue weighted by molar-refractivity contribution is -0.132. The van der Waals surface area contributed by atoms with Gasteiger partial charge in [0.1, 0.15) is 6.33 Å². The molecule has 0 atom stereocenters. The molecule has 9 nitrogen and oxygen atoms in total. The second-order valence-electron chi connectivity index (χ2n) is 7.81. The number of carbonyl (C=O) groups excluding carboxylic acids is 2. The van der Waals surface area contributed by atoms with Crippen LogP contribution < -0.4 is 5.32 Å². The molecule has 0 saturated carbocycles. The first kappa shape index (κ1) is 21.6. The van der Waals surface area contributed by atoms with Crippen molar-refractivity contribution in [1.82, 2.24) is 30.0 Å². The molecule has 0 radical (unpaired) electrons. The highest BCUT2D eigenvalue weighted by Crippen LogP contribution is 2.16. The van der Waals surface area contributed by atoms with Crippen molar-refractivity contribution in [2.45, 2.75) is 19.8 Å². The van der Waals surface area contributed by atoms with Crippen LogP contribution in [0, 0.1) is 0 Å². The minimum absolute atomic E-state index is 0.0200. The quantitative estimate of drug-likeness (QED) is 0.607. The average Bonchev–Trinajstić information content (AvgIpc) is 3.35. The van der Waals surface area contributed by atoms with E-state index in [-0.39, 0.29) is 11.8 Å². The van der Waals surface area contributed by atoms with E-state index in [2.05, 4.69) is 32.7 Å². The normalized spacial score (nSPS) is 14.3. The van der Waals surface area contributed by atoms with Gasteiger partial charge in [0.25, 0.3) is 0 Å². The van der Waals surface area contributed by atoms with Crippen LogP contribution in [0.4, 0.5) is 5.69 Å². The number of hydrogen-bond acceptors (Lipinski definition) is 6. The summed E-state index contributed by atoms with van der Waals surface area (Å²) in [5.74, 6) is 0.0782. The Morgan fingerprint density at radius 2 is 1.75 bits per heavy atom. The number of tetrazole rings is 1. The number of para-hydroxylation sites is 1. The summed E-state index contributed by atoms with van der Waals surface area (Å²) in [7, 11) is 0. The van der Waals surface area contributed by atoms with Gasteiger partial charge in [-0.1, -0.05) is 37.3 Å². The molecule has 1 fully saturated rings. The molecule has 1 aliphatic rings. The molecule has 0 spiro atoms. The minimum Gasteiger partial charge on any atom is -0.340 e. The number of rotatable bonds is 7. The number of nitrogens with one attached hydrogen (secondary N) is 1. The van der Waals surface area contributed by atoms with Gasteiger partial charge in [0, 0.05) is 31.9 Å². The summed E-state index contributed by atoms with van der Waals surface area (Å²) in [5, 5.41) is 14.1. The van der Waals surface area contributed by atoms with E-state index in [1.807, 2.05) is 53.4 Å². The summed E-state index contributed by atoms with van der Waals surface area (Å²) in [5.41, 5.74) is 3.80. The van der Waals surface area contributed by atoms with Gasteiger partial charge in [-0.25, -0.2) is 4.68 Å². The van der Waals surface area contributed by atoms with Crippen molar-refractivity contribution in [3.63, 3.8) is 0 Å². The average molecular weight is 434 g/mol. The summed E-state index contributed by atoms with van der Waals surface area (Å²) < 4.78 is 1.57. The van der Waals surface area contributed by atoms with Gasteiger partial charge in [-0.15, -0.1) is 5.10 Å². The van der Waals surface area contributed by atoms with Gasteiger partial charge in [-0.3, -0.25) is 14.5 Å². The van der Waals surface area contributed by atoms with Gasteiger partial charge in [-0.2, -0.15) is 0 Å². The van der Waals surface area contributed by atoms with Gasteiger partial charge in [0.2, 0.25) is 11.8 Å². The van der Waals surface area contributed by atoms with E-state index in [1.165, 1.54) is 6.33 Å². The number of aromatic nitrogens is 4.